The molecule has 0 aliphatic carbocycles. The van der Waals surface area contributed by atoms with E-state index in [-0.39, 0.29) is 18.2 Å². The SMILES string of the molecule is CCC(CC)C(CNC(=O)CCN1C(=O)C(C)Oc2ccccc21)N1CCOCC1. The molecule has 2 atom stereocenters. The fourth-order valence-corrected chi connectivity index (χ4v) is 4.45. The summed E-state index contributed by atoms with van der Waals surface area (Å²) in [7, 11) is 0. The molecule has 7 heteroatoms. The minimum atomic E-state index is -0.538. The zero-order chi connectivity index (χ0) is 21.5. The summed E-state index contributed by atoms with van der Waals surface area (Å²) in [6.45, 7) is 10.5. The van der Waals surface area contributed by atoms with Gasteiger partial charge in [0, 0.05) is 38.6 Å². The molecule has 2 amide bonds. The van der Waals surface area contributed by atoms with Crippen molar-refractivity contribution in [2.45, 2.75) is 52.2 Å². The first kappa shape index (κ1) is 22.6. The van der Waals surface area contributed by atoms with Crippen LogP contribution in [0.1, 0.15) is 40.0 Å². The maximum Gasteiger partial charge on any atom is 0.267 e. The zero-order valence-corrected chi connectivity index (χ0v) is 18.4. The quantitative estimate of drug-likeness (QED) is 0.668. The molecule has 0 spiro atoms. The zero-order valence-electron chi connectivity index (χ0n) is 18.4. The van der Waals surface area contributed by atoms with Crippen molar-refractivity contribution in [2.24, 2.45) is 5.92 Å². The molecule has 2 heterocycles. The lowest BCUT2D eigenvalue weighted by Crippen LogP contribution is -2.52. The van der Waals surface area contributed by atoms with Crippen molar-refractivity contribution in [2.75, 3.05) is 44.3 Å². The van der Waals surface area contributed by atoms with Crippen molar-refractivity contribution >= 4 is 17.5 Å². The fourth-order valence-electron chi connectivity index (χ4n) is 4.45. The van der Waals surface area contributed by atoms with Crippen LogP contribution in [0.2, 0.25) is 0 Å². The number of hydrogen-bond acceptors (Lipinski definition) is 5. The van der Waals surface area contributed by atoms with Gasteiger partial charge in [-0.1, -0.05) is 38.8 Å². The van der Waals surface area contributed by atoms with Gasteiger partial charge < -0.3 is 19.7 Å². The highest BCUT2D eigenvalue weighted by molar-refractivity contribution is 6.00. The Kier molecular flexibility index (Phi) is 8.10. The van der Waals surface area contributed by atoms with Crippen LogP contribution >= 0.6 is 0 Å². The number of hydrogen-bond donors (Lipinski definition) is 1. The van der Waals surface area contributed by atoms with Crippen LogP contribution in [0.3, 0.4) is 0 Å². The third kappa shape index (κ3) is 5.32. The predicted molar refractivity (Wildman–Crippen MR) is 117 cm³/mol. The third-order valence-corrected chi connectivity index (χ3v) is 6.25. The molecule has 3 rings (SSSR count). The molecule has 0 bridgehead atoms. The summed E-state index contributed by atoms with van der Waals surface area (Å²) in [6.07, 6.45) is 1.91. The minimum Gasteiger partial charge on any atom is -0.479 e. The summed E-state index contributed by atoms with van der Waals surface area (Å²) in [5, 5.41) is 3.13. The molecular formula is C23H35N3O4. The van der Waals surface area contributed by atoms with E-state index in [2.05, 4.69) is 24.1 Å². The highest BCUT2D eigenvalue weighted by atomic mass is 16.5. The molecule has 1 N–H and O–H groups in total. The summed E-state index contributed by atoms with van der Waals surface area (Å²) in [4.78, 5) is 29.4. The van der Waals surface area contributed by atoms with E-state index in [1.807, 2.05) is 24.3 Å². The number of amides is 2. The minimum absolute atomic E-state index is 0.0244. The topological polar surface area (TPSA) is 71.1 Å². The second-order valence-electron chi connectivity index (χ2n) is 8.06. The molecule has 1 saturated heterocycles. The van der Waals surface area contributed by atoms with Gasteiger partial charge in [0.05, 0.1) is 18.9 Å². The van der Waals surface area contributed by atoms with E-state index in [0.717, 1.165) is 44.8 Å². The summed E-state index contributed by atoms with van der Waals surface area (Å²) in [5.41, 5.74) is 0.733. The van der Waals surface area contributed by atoms with Crippen LogP contribution in [0.15, 0.2) is 24.3 Å². The van der Waals surface area contributed by atoms with Gasteiger partial charge in [-0.3, -0.25) is 14.5 Å². The van der Waals surface area contributed by atoms with Crippen molar-refractivity contribution in [1.29, 1.82) is 0 Å². The van der Waals surface area contributed by atoms with E-state index in [1.165, 1.54) is 0 Å². The van der Waals surface area contributed by atoms with E-state index in [0.29, 0.717) is 30.8 Å². The Hall–Kier alpha value is -2.12. The Morgan fingerprint density at radius 1 is 1.20 bits per heavy atom. The number of benzene rings is 1. The van der Waals surface area contributed by atoms with Gasteiger partial charge in [0.1, 0.15) is 5.75 Å². The molecule has 2 aliphatic rings. The van der Waals surface area contributed by atoms with Gasteiger partial charge in [-0.15, -0.1) is 0 Å². The van der Waals surface area contributed by atoms with E-state index < -0.39 is 6.10 Å². The number of carbonyl (C=O) groups excluding carboxylic acids is 2. The van der Waals surface area contributed by atoms with Crippen molar-refractivity contribution in [3.8, 4) is 5.75 Å². The number of para-hydroxylation sites is 2. The Morgan fingerprint density at radius 2 is 1.90 bits per heavy atom. The molecule has 0 aromatic heterocycles. The number of nitrogens with zero attached hydrogens (tertiary/aromatic N) is 2. The molecule has 2 unspecified atom stereocenters. The summed E-state index contributed by atoms with van der Waals surface area (Å²) < 4.78 is 11.2. The van der Waals surface area contributed by atoms with Gasteiger partial charge >= 0.3 is 0 Å². The molecule has 1 aromatic carbocycles. The van der Waals surface area contributed by atoms with Gasteiger partial charge in [0.15, 0.2) is 6.10 Å². The van der Waals surface area contributed by atoms with Crippen LogP contribution in [0.4, 0.5) is 5.69 Å². The number of rotatable bonds is 9. The van der Waals surface area contributed by atoms with Gasteiger partial charge in [-0.25, -0.2) is 0 Å². The highest BCUT2D eigenvalue weighted by Gasteiger charge is 2.32. The molecule has 30 heavy (non-hydrogen) atoms. The Morgan fingerprint density at radius 3 is 2.60 bits per heavy atom. The van der Waals surface area contributed by atoms with Crippen LogP contribution in [-0.4, -0.2) is 68.3 Å². The van der Waals surface area contributed by atoms with Gasteiger partial charge in [0.25, 0.3) is 5.91 Å². The normalized spacial score (nSPS) is 20.6. The lowest BCUT2D eigenvalue weighted by atomic mass is 9.92. The van der Waals surface area contributed by atoms with Gasteiger partial charge in [-0.2, -0.15) is 0 Å². The van der Waals surface area contributed by atoms with Crippen LogP contribution in [-0.2, 0) is 14.3 Å². The van der Waals surface area contributed by atoms with Crippen LogP contribution in [0.25, 0.3) is 0 Å². The number of fused-ring (bicyclic) bond motifs is 1. The lowest BCUT2D eigenvalue weighted by Gasteiger charge is -2.39. The van der Waals surface area contributed by atoms with Gasteiger partial charge in [0.2, 0.25) is 5.91 Å². The first-order chi connectivity index (χ1) is 14.5. The standard InChI is InChI=1S/C23H35N3O4/c1-4-18(5-2)20(25-12-14-29-15-13-25)16-24-22(27)10-11-26-19-8-6-7-9-21(19)30-17(3)23(26)28/h6-9,17-18,20H,4-5,10-16H2,1-3H3,(H,24,27). The largest absolute Gasteiger partial charge is 0.479 e. The fraction of sp³-hybridized carbons (Fsp3) is 0.652. The molecular weight excluding hydrogens is 382 g/mol. The number of carbonyl (C=O) groups is 2. The third-order valence-electron chi connectivity index (χ3n) is 6.25. The molecule has 1 aromatic rings. The molecule has 0 radical (unpaired) electrons. The molecule has 1 fully saturated rings. The Balaban J connectivity index is 1.57. The average Bonchev–Trinajstić information content (AvgIpc) is 2.77. The van der Waals surface area contributed by atoms with E-state index in [1.54, 1.807) is 11.8 Å². The second-order valence-corrected chi connectivity index (χ2v) is 8.06. The number of morpholine rings is 1. The van der Waals surface area contributed by atoms with Crippen LogP contribution in [0.5, 0.6) is 5.75 Å². The maximum atomic E-state index is 12.6. The van der Waals surface area contributed by atoms with Crippen molar-refractivity contribution < 1.29 is 19.1 Å². The van der Waals surface area contributed by atoms with E-state index in [4.69, 9.17) is 9.47 Å². The Labute approximate surface area is 179 Å². The molecule has 166 valence electrons. The predicted octanol–water partition coefficient (Wildman–Crippen LogP) is 2.44. The smallest absolute Gasteiger partial charge is 0.267 e. The van der Waals surface area contributed by atoms with Crippen molar-refractivity contribution in [3.63, 3.8) is 0 Å². The van der Waals surface area contributed by atoms with E-state index >= 15 is 0 Å². The number of nitrogens with one attached hydrogen (secondary N) is 1. The lowest BCUT2D eigenvalue weighted by molar-refractivity contribution is -0.125. The molecule has 2 aliphatic heterocycles. The van der Waals surface area contributed by atoms with E-state index in [9.17, 15) is 9.59 Å². The monoisotopic (exact) mass is 417 g/mol. The second kappa shape index (κ2) is 10.8. The highest BCUT2D eigenvalue weighted by Crippen LogP contribution is 2.33. The van der Waals surface area contributed by atoms with Crippen molar-refractivity contribution in [1.82, 2.24) is 10.2 Å². The number of ether oxygens (including phenoxy) is 2. The Bertz CT molecular complexity index is 716. The summed E-state index contributed by atoms with van der Waals surface area (Å²) in [5.74, 6) is 1.09. The van der Waals surface area contributed by atoms with Crippen molar-refractivity contribution in [3.05, 3.63) is 24.3 Å². The maximum absolute atomic E-state index is 12.6. The molecule has 7 nitrogen and oxygen atoms in total. The van der Waals surface area contributed by atoms with Crippen LogP contribution in [0, 0.1) is 5.92 Å². The number of anilines is 1. The summed E-state index contributed by atoms with van der Waals surface area (Å²) in [6, 6.07) is 7.79. The first-order valence-electron chi connectivity index (χ1n) is 11.2. The first-order valence-corrected chi connectivity index (χ1v) is 11.2. The summed E-state index contributed by atoms with van der Waals surface area (Å²) >= 11 is 0. The van der Waals surface area contributed by atoms with Crippen LogP contribution < -0.4 is 15.0 Å². The van der Waals surface area contributed by atoms with Gasteiger partial charge in [-0.05, 0) is 25.0 Å². The molecule has 0 saturated carbocycles. The average molecular weight is 418 g/mol.